The topological polar surface area (TPSA) is 60.9 Å². The van der Waals surface area contributed by atoms with Gasteiger partial charge in [-0.05, 0) is 25.5 Å². The second-order valence-corrected chi connectivity index (χ2v) is 4.59. The summed E-state index contributed by atoms with van der Waals surface area (Å²) in [6.07, 6.45) is 2.17. The lowest BCUT2D eigenvalue weighted by Gasteiger charge is -2.09. The van der Waals surface area contributed by atoms with Crippen LogP contribution >= 0.6 is 11.6 Å². The van der Waals surface area contributed by atoms with E-state index in [0.717, 1.165) is 5.56 Å². The minimum atomic E-state index is -0.103. The average Bonchev–Trinajstić information content (AvgIpc) is 2.80. The van der Waals surface area contributed by atoms with Gasteiger partial charge in [-0.25, -0.2) is 0 Å². The third kappa shape index (κ3) is 2.69. The van der Waals surface area contributed by atoms with Crippen molar-refractivity contribution in [2.75, 3.05) is 6.54 Å². The number of benzene rings is 1. The largest absolute Gasteiger partial charge is 0.330 e. The van der Waals surface area contributed by atoms with Crippen LogP contribution in [0.5, 0.6) is 0 Å². The van der Waals surface area contributed by atoms with Gasteiger partial charge in [0.2, 0.25) is 5.78 Å². The molecule has 0 saturated carbocycles. The molecule has 0 aliphatic heterocycles. The number of nitrogens with zero attached hydrogens (tertiary/aromatic N) is 2. The molecule has 0 bridgehead atoms. The van der Waals surface area contributed by atoms with Gasteiger partial charge in [0.15, 0.2) is 0 Å². The van der Waals surface area contributed by atoms with Crippen LogP contribution in [0.15, 0.2) is 30.5 Å². The molecular formula is C14H16ClN3O. The van der Waals surface area contributed by atoms with E-state index in [0.29, 0.717) is 35.8 Å². The van der Waals surface area contributed by atoms with E-state index in [4.69, 9.17) is 17.3 Å². The molecule has 0 unspecified atom stereocenters. The normalized spacial score (nSPS) is 10.7. The number of rotatable bonds is 5. The number of halogens is 1. The SMILES string of the molecule is CCn1ncc(Cl)c1C(=O)c1ccccc1CCN. The Balaban J connectivity index is 2.47. The molecule has 4 nitrogen and oxygen atoms in total. The van der Waals surface area contributed by atoms with E-state index in [-0.39, 0.29) is 5.78 Å². The van der Waals surface area contributed by atoms with Crippen molar-refractivity contribution in [2.45, 2.75) is 19.9 Å². The molecule has 1 heterocycles. The first-order chi connectivity index (χ1) is 9.19. The molecule has 19 heavy (non-hydrogen) atoms. The standard InChI is InChI=1S/C14H16ClN3O/c1-2-18-13(12(15)9-17-18)14(19)11-6-4-3-5-10(11)7-8-16/h3-6,9H,2,7-8,16H2,1H3. The Bertz CT molecular complexity index is 592. The summed E-state index contributed by atoms with van der Waals surface area (Å²) in [6, 6.07) is 7.46. The van der Waals surface area contributed by atoms with Gasteiger partial charge in [-0.15, -0.1) is 0 Å². The van der Waals surface area contributed by atoms with Gasteiger partial charge < -0.3 is 5.73 Å². The molecular weight excluding hydrogens is 262 g/mol. The minimum absolute atomic E-state index is 0.103. The van der Waals surface area contributed by atoms with Crippen LogP contribution in [0.1, 0.15) is 28.5 Å². The van der Waals surface area contributed by atoms with E-state index in [2.05, 4.69) is 5.10 Å². The summed E-state index contributed by atoms with van der Waals surface area (Å²) in [5, 5.41) is 4.48. The summed E-state index contributed by atoms with van der Waals surface area (Å²) in [4.78, 5) is 12.6. The third-order valence-corrected chi connectivity index (χ3v) is 3.26. The van der Waals surface area contributed by atoms with E-state index in [1.54, 1.807) is 10.7 Å². The first-order valence-corrected chi connectivity index (χ1v) is 6.60. The van der Waals surface area contributed by atoms with Crippen LogP contribution in [-0.2, 0) is 13.0 Å². The van der Waals surface area contributed by atoms with Crippen LogP contribution < -0.4 is 5.73 Å². The summed E-state index contributed by atoms with van der Waals surface area (Å²) in [7, 11) is 0. The van der Waals surface area contributed by atoms with Crippen LogP contribution in [0, 0.1) is 0 Å². The number of nitrogens with two attached hydrogens (primary N) is 1. The fraction of sp³-hybridized carbons (Fsp3) is 0.286. The molecule has 1 aromatic carbocycles. The van der Waals surface area contributed by atoms with Crippen molar-refractivity contribution in [1.29, 1.82) is 0 Å². The van der Waals surface area contributed by atoms with Gasteiger partial charge in [0.05, 0.1) is 11.2 Å². The fourth-order valence-electron chi connectivity index (χ4n) is 2.07. The lowest BCUT2D eigenvalue weighted by Crippen LogP contribution is -2.14. The van der Waals surface area contributed by atoms with Crippen LogP contribution in [0.2, 0.25) is 5.02 Å². The van der Waals surface area contributed by atoms with Crippen molar-refractivity contribution in [3.05, 3.63) is 52.3 Å². The third-order valence-electron chi connectivity index (χ3n) is 2.99. The Kier molecular flexibility index (Phi) is 4.35. The number of hydrogen-bond donors (Lipinski definition) is 1. The molecule has 2 aromatic rings. The molecule has 0 saturated heterocycles. The van der Waals surface area contributed by atoms with Crippen molar-refractivity contribution >= 4 is 17.4 Å². The number of ketones is 1. The smallest absolute Gasteiger partial charge is 0.212 e. The van der Waals surface area contributed by atoms with E-state index in [9.17, 15) is 4.79 Å². The van der Waals surface area contributed by atoms with Crippen LogP contribution in [0.3, 0.4) is 0 Å². The highest BCUT2D eigenvalue weighted by Crippen LogP contribution is 2.21. The second-order valence-electron chi connectivity index (χ2n) is 4.18. The molecule has 1 aromatic heterocycles. The number of hydrogen-bond acceptors (Lipinski definition) is 3. The first kappa shape index (κ1) is 13.8. The lowest BCUT2D eigenvalue weighted by molar-refractivity contribution is 0.102. The van der Waals surface area contributed by atoms with Crippen molar-refractivity contribution in [1.82, 2.24) is 9.78 Å². The van der Waals surface area contributed by atoms with Crippen molar-refractivity contribution in [3.8, 4) is 0 Å². The predicted molar refractivity (Wildman–Crippen MR) is 75.5 cm³/mol. The summed E-state index contributed by atoms with van der Waals surface area (Å²) >= 11 is 6.07. The highest BCUT2D eigenvalue weighted by Gasteiger charge is 2.20. The Morgan fingerprint density at radius 2 is 2.16 bits per heavy atom. The average molecular weight is 278 g/mol. The maximum Gasteiger partial charge on any atom is 0.212 e. The highest BCUT2D eigenvalue weighted by atomic mass is 35.5. The van der Waals surface area contributed by atoms with Gasteiger partial charge in [-0.1, -0.05) is 35.9 Å². The molecule has 0 atom stereocenters. The zero-order chi connectivity index (χ0) is 13.8. The van der Waals surface area contributed by atoms with Gasteiger partial charge >= 0.3 is 0 Å². The molecule has 5 heteroatoms. The van der Waals surface area contributed by atoms with Gasteiger partial charge in [-0.3, -0.25) is 9.48 Å². The molecule has 2 rings (SSSR count). The van der Waals surface area contributed by atoms with E-state index in [1.807, 2.05) is 25.1 Å². The molecule has 0 aliphatic rings. The lowest BCUT2D eigenvalue weighted by atomic mass is 9.99. The zero-order valence-corrected chi connectivity index (χ0v) is 11.5. The van der Waals surface area contributed by atoms with Crippen molar-refractivity contribution in [2.24, 2.45) is 5.73 Å². The molecule has 0 radical (unpaired) electrons. The molecule has 100 valence electrons. The fourth-order valence-corrected chi connectivity index (χ4v) is 2.30. The molecule has 0 amide bonds. The van der Waals surface area contributed by atoms with Crippen LogP contribution in [-0.4, -0.2) is 22.1 Å². The predicted octanol–water partition coefficient (Wildman–Crippen LogP) is 2.29. The molecule has 0 spiro atoms. The molecule has 2 N–H and O–H groups in total. The van der Waals surface area contributed by atoms with E-state index >= 15 is 0 Å². The Morgan fingerprint density at radius 1 is 1.42 bits per heavy atom. The summed E-state index contributed by atoms with van der Waals surface area (Å²) < 4.78 is 1.61. The van der Waals surface area contributed by atoms with E-state index < -0.39 is 0 Å². The Labute approximate surface area is 117 Å². The van der Waals surface area contributed by atoms with Crippen LogP contribution in [0.4, 0.5) is 0 Å². The van der Waals surface area contributed by atoms with Crippen molar-refractivity contribution in [3.63, 3.8) is 0 Å². The van der Waals surface area contributed by atoms with Crippen LogP contribution in [0.25, 0.3) is 0 Å². The molecule has 0 fully saturated rings. The number of aryl methyl sites for hydroxylation is 1. The Hall–Kier alpha value is -1.65. The maximum atomic E-state index is 12.6. The summed E-state index contributed by atoms with van der Waals surface area (Å²) in [5.74, 6) is -0.103. The number of aromatic nitrogens is 2. The number of carbonyl (C=O) groups excluding carboxylic acids is 1. The maximum absolute atomic E-state index is 12.6. The summed E-state index contributed by atoms with van der Waals surface area (Å²) in [5.41, 5.74) is 7.60. The first-order valence-electron chi connectivity index (χ1n) is 6.23. The van der Waals surface area contributed by atoms with Crippen molar-refractivity contribution < 1.29 is 4.79 Å². The van der Waals surface area contributed by atoms with Gasteiger partial charge in [0, 0.05) is 12.1 Å². The quantitative estimate of drug-likeness (QED) is 0.853. The zero-order valence-electron chi connectivity index (χ0n) is 10.8. The monoisotopic (exact) mass is 277 g/mol. The van der Waals surface area contributed by atoms with Gasteiger partial charge in [0.25, 0.3) is 0 Å². The number of carbonyl (C=O) groups is 1. The van der Waals surface area contributed by atoms with E-state index in [1.165, 1.54) is 6.20 Å². The molecule has 0 aliphatic carbocycles. The minimum Gasteiger partial charge on any atom is -0.330 e. The summed E-state index contributed by atoms with van der Waals surface area (Å²) in [6.45, 7) is 3.03. The Morgan fingerprint density at radius 3 is 2.84 bits per heavy atom. The second kappa shape index (κ2) is 5.99. The van der Waals surface area contributed by atoms with Gasteiger partial charge in [0.1, 0.15) is 5.69 Å². The highest BCUT2D eigenvalue weighted by molar-refractivity contribution is 6.34. The van der Waals surface area contributed by atoms with Gasteiger partial charge in [-0.2, -0.15) is 5.10 Å².